The van der Waals surface area contributed by atoms with Gasteiger partial charge in [-0.05, 0) is 18.2 Å². The second-order valence-corrected chi connectivity index (χ2v) is 10.9. The second-order valence-electron chi connectivity index (χ2n) is 5.11. The van der Waals surface area contributed by atoms with Crippen LogP contribution in [0.2, 0.25) is 0 Å². The summed E-state index contributed by atoms with van der Waals surface area (Å²) in [5.41, 5.74) is -0.0372. The van der Waals surface area contributed by atoms with E-state index in [1.807, 2.05) is 0 Å². The molecule has 21 heavy (non-hydrogen) atoms. The number of hydrogen-bond donors (Lipinski definition) is 2. The van der Waals surface area contributed by atoms with Gasteiger partial charge in [0.2, 0.25) is 0 Å². The molecule has 0 spiro atoms. The Balaban J connectivity index is 0.000000400. The van der Waals surface area contributed by atoms with Gasteiger partial charge in [0.15, 0.2) is 0 Å². The fourth-order valence-electron chi connectivity index (χ4n) is 2.29. The first kappa shape index (κ1) is 19.6. The minimum Gasteiger partial charge on any atom is -0.478 e. The van der Waals surface area contributed by atoms with Gasteiger partial charge < -0.3 is 10.2 Å². The van der Waals surface area contributed by atoms with Gasteiger partial charge in [-0.15, -0.1) is 0 Å². The van der Waals surface area contributed by atoms with Crippen molar-refractivity contribution in [2.75, 3.05) is 24.6 Å². The molecular formula is C16H27O4P. The summed E-state index contributed by atoms with van der Waals surface area (Å²) in [6, 6.07) is 5.20. The van der Waals surface area contributed by atoms with E-state index in [0.717, 1.165) is 6.07 Å². The van der Waals surface area contributed by atoms with Crippen molar-refractivity contribution >= 4 is 19.2 Å². The molecule has 0 heterocycles. The zero-order chi connectivity index (χ0) is 16.5. The van der Waals surface area contributed by atoms with Crippen LogP contribution in [0.1, 0.15) is 48.4 Å². The van der Waals surface area contributed by atoms with E-state index in [-0.39, 0.29) is 11.1 Å². The van der Waals surface area contributed by atoms with Gasteiger partial charge in [0.1, 0.15) is 0 Å². The van der Waals surface area contributed by atoms with Gasteiger partial charge in [0.25, 0.3) is 0 Å². The predicted octanol–water partition coefficient (Wildman–Crippen LogP) is 3.90. The summed E-state index contributed by atoms with van der Waals surface area (Å²) >= 11 is 0. The van der Waals surface area contributed by atoms with Crippen molar-refractivity contribution in [2.24, 2.45) is 0 Å². The Kier molecular flexibility index (Phi) is 8.87. The largest absolute Gasteiger partial charge is 0.478 e. The van der Waals surface area contributed by atoms with Crippen molar-refractivity contribution < 1.29 is 19.8 Å². The van der Waals surface area contributed by atoms with E-state index in [1.165, 1.54) is 42.8 Å². The van der Waals surface area contributed by atoms with Crippen molar-refractivity contribution in [3.05, 3.63) is 35.4 Å². The maximum Gasteiger partial charge on any atom is 0.335 e. The fraction of sp³-hybridized carbons (Fsp3) is 0.500. The number of rotatable bonds is 6. The van der Waals surface area contributed by atoms with Crippen LogP contribution in [-0.4, -0.2) is 46.8 Å². The quantitative estimate of drug-likeness (QED) is 0.781. The van der Waals surface area contributed by atoms with Crippen LogP contribution in [0.25, 0.3) is 0 Å². The summed E-state index contributed by atoms with van der Waals surface area (Å²) in [7, 11) is -0.691. The van der Waals surface area contributed by atoms with Crippen LogP contribution >= 0.6 is 7.26 Å². The molecule has 0 fully saturated rings. The van der Waals surface area contributed by atoms with E-state index in [4.69, 9.17) is 10.2 Å². The Morgan fingerprint density at radius 1 is 0.857 bits per heavy atom. The summed E-state index contributed by atoms with van der Waals surface area (Å²) in [6.07, 6.45) is 5.93. The van der Waals surface area contributed by atoms with Crippen LogP contribution in [-0.2, 0) is 0 Å². The maximum atomic E-state index is 10.4. The van der Waals surface area contributed by atoms with Crippen LogP contribution in [0.4, 0.5) is 0 Å². The van der Waals surface area contributed by atoms with E-state index in [0.29, 0.717) is 0 Å². The van der Waals surface area contributed by atoms with Gasteiger partial charge in [0.05, 0.1) is 11.1 Å². The molecule has 1 rings (SSSR count). The van der Waals surface area contributed by atoms with Gasteiger partial charge in [0, 0.05) is 0 Å². The molecular weight excluding hydrogens is 287 g/mol. The standard InChI is InChI=1S/C8H6O4.C8H21P/c9-7(10)5-2-1-3-6(4-5)8(11)12;1-5-9(6-2,7-3)8-4/h1-4H,(H,9,10)(H,11,12);9H,5-8H2,1-4H3. The molecule has 1 aromatic rings. The van der Waals surface area contributed by atoms with Crippen LogP contribution < -0.4 is 0 Å². The number of hydrogen-bond acceptors (Lipinski definition) is 2. The summed E-state index contributed by atoms with van der Waals surface area (Å²) in [6.45, 7) is 9.46. The van der Waals surface area contributed by atoms with Gasteiger partial charge in [-0.2, -0.15) is 0 Å². The molecule has 0 unspecified atom stereocenters. The normalized spacial score (nSPS) is 11.2. The average Bonchev–Trinajstić information content (AvgIpc) is 2.51. The Morgan fingerprint density at radius 3 is 1.38 bits per heavy atom. The Morgan fingerprint density at radius 2 is 1.19 bits per heavy atom. The van der Waals surface area contributed by atoms with Crippen LogP contribution in [0.3, 0.4) is 0 Å². The molecule has 120 valence electrons. The summed E-state index contributed by atoms with van der Waals surface area (Å²) in [5.74, 6) is -2.25. The Bertz CT molecular complexity index is 420. The van der Waals surface area contributed by atoms with Crippen molar-refractivity contribution in [1.82, 2.24) is 0 Å². The predicted molar refractivity (Wildman–Crippen MR) is 90.8 cm³/mol. The first-order valence-corrected chi connectivity index (χ1v) is 10.2. The molecule has 0 saturated carbocycles. The first-order chi connectivity index (χ1) is 9.85. The maximum absolute atomic E-state index is 10.4. The third kappa shape index (κ3) is 6.26. The molecule has 0 aromatic heterocycles. The summed E-state index contributed by atoms with van der Waals surface area (Å²) < 4.78 is 0. The first-order valence-electron chi connectivity index (χ1n) is 7.42. The minimum atomic E-state index is -1.13. The van der Waals surface area contributed by atoms with Gasteiger partial charge in [-0.25, -0.2) is 9.59 Å². The smallest absolute Gasteiger partial charge is 0.335 e. The summed E-state index contributed by atoms with van der Waals surface area (Å²) in [4.78, 5) is 20.8. The second kappa shape index (κ2) is 9.51. The summed E-state index contributed by atoms with van der Waals surface area (Å²) in [5, 5.41) is 17.0. The van der Waals surface area contributed by atoms with Crippen molar-refractivity contribution in [1.29, 1.82) is 0 Å². The zero-order valence-electron chi connectivity index (χ0n) is 13.3. The molecule has 0 amide bonds. The molecule has 0 bridgehead atoms. The number of aromatic carboxylic acids is 2. The molecule has 0 atom stereocenters. The van der Waals surface area contributed by atoms with E-state index < -0.39 is 19.2 Å². The van der Waals surface area contributed by atoms with E-state index in [1.54, 1.807) is 0 Å². The topological polar surface area (TPSA) is 74.6 Å². The number of carboxylic acids is 2. The van der Waals surface area contributed by atoms with Crippen LogP contribution in [0.5, 0.6) is 0 Å². The SMILES string of the molecule is CC[PH](CC)(CC)CC.O=C(O)c1cccc(C(=O)O)c1. The molecule has 0 aliphatic carbocycles. The molecule has 0 aliphatic rings. The molecule has 0 aliphatic heterocycles. The number of benzene rings is 1. The van der Waals surface area contributed by atoms with E-state index >= 15 is 0 Å². The molecule has 4 nitrogen and oxygen atoms in total. The molecule has 5 heteroatoms. The fourth-order valence-corrected chi connectivity index (χ4v) is 5.29. The van der Waals surface area contributed by atoms with Crippen molar-refractivity contribution in [3.8, 4) is 0 Å². The number of carbonyl (C=O) groups is 2. The van der Waals surface area contributed by atoms with Crippen molar-refractivity contribution in [3.63, 3.8) is 0 Å². The Labute approximate surface area is 127 Å². The monoisotopic (exact) mass is 314 g/mol. The van der Waals surface area contributed by atoms with Gasteiger partial charge >= 0.3 is 71.5 Å². The van der Waals surface area contributed by atoms with E-state index in [2.05, 4.69) is 27.7 Å². The van der Waals surface area contributed by atoms with Crippen molar-refractivity contribution in [2.45, 2.75) is 27.7 Å². The van der Waals surface area contributed by atoms with E-state index in [9.17, 15) is 9.59 Å². The number of carboxylic acid groups (broad SMARTS) is 2. The van der Waals surface area contributed by atoms with Gasteiger partial charge in [-0.1, -0.05) is 6.07 Å². The zero-order valence-corrected chi connectivity index (χ0v) is 14.3. The minimum absolute atomic E-state index is 0.0186. The van der Waals surface area contributed by atoms with Crippen LogP contribution in [0.15, 0.2) is 24.3 Å². The van der Waals surface area contributed by atoms with Crippen LogP contribution in [0, 0.1) is 0 Å². The third-order valence-electron chi connectivity index (χ3n) is 4.36. The molecule has 1 aromatic carbocycles. The average molecular weight is 314 g/mol. The molecule has 2 N–H and O–H groups in total. The molecule has 0 radical (unpaired) electrons. The Hall–Kier alpha value is -1.41. The van der Waals surface area contributed by atoms with Gasteiger partial charge in [-0.3, -0.25) is 0 Å². The molecule has 0 saturated heterocycles. The third-order valence-corrected chi connectivity index (χ3v) is 10.4.